The molecule has 7 heteroatoms. The van der Waals surface area contributed by atoms with E-state index < -0.39 is 23.4 Å². The number of hydrogen-bond donors (Lipinski definition) is 0. The number of piperazine rings is 1. The number of hydrogen-bond acceptors (Lipinski definition) is 3. The van der Waals surface area contributed by atoms with Crippen molar-refractivity contribution in [1.29, 1.82) is 0 Å². The Kier molecular flexibility index (Phi) is 5.01. The summed E-state index contributed by atoms with van der Waals surface area (Å²) in [5.41, 5.74) is -0.721. The first-order valence-electron chi connectivity index (χ1n) is 7.89. The van der Waals surface area contributed by atoms with Crippen molar-refractivity contribution < 1.29 is 22.7 Å². The van der Waals surface area contributed by atoms with E-state index in [1.54, 1.807) is 31.7 Å². The van der Waals surface area contributed by atoms with Gasteiger partial charge < -0.3 is 14.5 Å². The van der Waals surface area contributed by atoms with Crippen LogP contribution in [0.3, 0.4) is 0 Å². The second kappa shape index (κ2) is 6.53. The van der Waals surface area contributed by atoms with E-state index in [4.69, 9.17) is 4.74 Å². The molecule has 1 amide bonds. The minimum Gasteiger partial charge on any atom is -0.444 e. The van der Waals surface area contributed by atoms with Crippen LogP contribution in [0.5, 0.6) is 0 Å². The average Bonchev–Trinajstić information content (AvgIpc) is 2.44. The highest BCUT2D eigenvalue weighted by molar-refractivity contribution is 5.69. The predicted octanol–water partition coefficient (Wildman–Crippen LogP) is 4.15. The first-order chi connectivity index (χ1) is 11.0. The van der Waals surface area contributed by atoms with Crippen LogP contribution in [0.25, 0.3) is 0 Å². The lowest BCUT2D eigenvalue weighted by molar-refractivity contribution is -0.137. The Bertz CT molecular complexity index is 596. The van der Waals surface area contributed by atoms with Crippen LogP contribution in [0, 0.1) is 0 Å². The third-order valence-electron chi connectivity index (χ3n) is 3.78. The molecule has 24 heavy (non-hydrogen) atoms. The van der Waals surface area contributed by atoms with Crippen molar-refractivity contribution in [2.24, 2.45) is 0 Å². The molecule has 0 aliphatic carbocycles. The summed E-state index contributed by atoms with van der Waals surface area (Å²) in [4.78, 5) is 15.6. The van der Waals surface area contributed by atoms with Crippen LogP contribution in [-0.4, -0.2) is 42.3 Å². The first kappa shape index (κ1) is 18.4. The largest absolute Gasteiger partial charge is 0.444 e. The van der Waals surface area contributed by atoms with E-state index in [9.17, 15) is 18.0 Å². The van der Waals surface area contributed by atoms with Crippen molar-refractivity contribution >= 4 is 11.8 Å². The fourth-order valence-electron chi connectivity index (χ4n) is 2.69. The molecule has 1 unspecified atom stereocenters. The number of carbonyl (C=O) groups is 1. The van der Waals surface area contributed by atoms with Crippen LogP contribution in [0.1, 0.15) is 33.3 Å². The maximum Gasteiger partial charge on any atom is 0.416 e. The summed E-state index contributed by atoms with van der Waals surface area (Å²) < 4.78 is 44.0. The van der Waals surface area contributed by atoms with Gasteiger partial charge in [-0.15, -0.1) is 0 Å². The van der Waals surface area contributed by atoms with Crippen molar-refractivity contribution in [3.05, 3.63) is 29.8 Å². The zero-order valence-electron chi connectivity index (χ0n) is 14.4. The summed E-state index contributed by atoms with van der Waals surface area (Å²) >= 11 is 0. The zero-order chi connectivity index (χ0) is 18.1. The molecule has 0 spiro atoms. The number of amides is 1. The van der Waals surface area contributed by atoms with Crippen LogP contribution < -0.4 is 4.90 Å². The van der Waals surface area contributed by atoms with Gasteiger partial charge in [0.05, 0.1) is 5.56 Å². The monoisotopic (exact) mass is 344 g/mol. The summed E-state index contributed by atoms with van der Waals surface area (Å²) in [6.07, 6.45) is -4.75. The van der Waals surface area contributed by atoms with Gasteiger partial charge >= 0.3 is 12.3 Å². The lowest BCUT2D eigenvalue weighted by Gasteiger charge is -2.41. The lowest BCUT2D eigenvalue weighted by Crippen LogP contribution is -2.54. The molecular formula is C17H23F3N2O2. The number of ether oxygens (including phenoxy) is 1. The number of rotatable bonds is 1. The van der Waals surface area contributed by atoms with Crippen molar-refractivity contribution in [3.8, 4) is 0 Å². The molecule has 0 saturated carbocycles. The van der Waals surface area contributed by atoms with Gasteiger partial charge in [0.2, 0.25) is 0 Å². The highest BCUT2D eigenvalue weighted by atomic mass is 19.4. The van der Waals surface area contributed by atoms with Crippen molar-refractivity contribution in [2.45, 2.75) is 45.5 Å². The lowest BCUT2D eigenvalue weighted by atomic mass is 10.1. The fourth-order valence-corrected chi connectivity index (χ4v) is 2.69. The number of anilines is 1. The van der Waals surface area contributed by atoms with Gasteiger partial charge in [0.15, 0.2) is 0 Å². The molecule has 1 aromatic rings. The summed E-state index contributed by atoms with van der Waals surface area (Å²) in [7, 11) is 0. The third-order valence-corrected chi connectivity index (χ3v) is 3.78. The Labute approximate surface area is 140 Å². The molecule has 1 aliphatic heterocycles. The van der Waals surface area contributed by atoms with Crippen LogP contribution in [-0.2, 0) is 10.9 Å². The minimum absolute atomic E-state index is 0.102. The van der Waals surface area contributed by atoms with Crippen LogP contribution in [0.15, 0.2) is 24.3 Å². The van der Waals surface area contributed by atoms with Gasteiger partial charge in [-0.25, -0.2) is 4.79 Å². The summed E-state index contributed by atoms with van der Waals surface area (Å²) in [6, 6.07) is 5.18. The summed E-state index contributed by atoms with van der Waals surface area (Å²) in [5, 5.41) is 0. The molecule has 1 heterocycles. The Morgan fingerprint density at radius 1 is 1.21 bits per heavy atom. The molecule has 1 aliphatic rings. The van der Waals surface area contributed by atoms with E-state index in [-0.39, 0.29) is 6.04 Å². The molecule has 1 saturated heterocycles. The zero-order valence-corrected chi connectivity index (χ0v) is 14.4. The highest BCUT2D eigenvalue weighted by Gasteiger charge is 2.33. The van der Waals surface area contributed by atoms with E-state index in [1.165, 1.54) is 6.07 Å². The number of nitrogens with zero attached hydrogens (tertiary/aromatic N) is 2. The third kappa shape index (κ3) is 4.55. The molecule has 0 N–H and O–H groups in total. The van der Waals surface area contributed by atoms with Gasteiger partial charge in [0.1, 0.15) is 5.60 Å². The average molecular weight is 344 g/mol. The Morgan fingerprint density at radius 2 is 1.88 bits per heavy atom. The number of halogens is 3. The molecule has 0 bridgehead atoms. The van der Waals surface area contributed by atoms with E-state index in [0.717, 1.165) is 12.1 Å². The minimum atomic E-state index is -4.36. The van der Waals surface area contributed by atoms with Gasteiger partial charge in [0, 0.05) is 31.4 Å². The first-order valence-corrected chi connectivity index (χ1v) is 7.89. The SMILES string of the molecule is CC1CN(C(=O)OC(C)(C)C)CCN1c1cccc(C(F)(F)F)c1. The van der Waals surface area contributed by atoms with E-state index in [1.807, 2.05) is 11.8 Å². The quantitative estimate of drug-likeness (QED) is 0.767. The van der Waals surface area contributed by atoms with Crippen LogP contribution in [0.2, 0.25) is 0 Å². The molecule has 4 nitrogen and oxygen atoms in total. The van der Waals surface area contributed by atoms with Crippen LogP contribution in [0.4, 0.5) is 23.7 Å². The molecular weight excluding hydrogens is 321 g/mol. The number of alkyl halides is 3. The second-order valence-electron chi connectivity index (χ2n) is 7.02. The van der Waals surface area contributed by atoms with Gasteiger partial charge in [-0.1, -0.05) is 6.07 Å². The topological polar surface area (TPSA) is 32.8 Å². The Morgan fingerprint density at radius 3 is 2.42 bits per heavy atom. The molecule has 2 rings (SSSR count). The standard InChI is InChI=1S/C17H23F3N2O2/c1-12-11-21(15(23)24-16(2,3)4)8-9-22(12)14-7-5-6-13(10-14)17(18,19)20/h5-7,10,12H,8-9,11H2,1-4H3. The normalized spacial score (nSPS) is 19.4. The number of benzene rings is 1. The van der Waals surface area contributed by atoms with Gasteiger partial charge in [-0.05, 0) is 45.9 Å². The molecule has 1 aromatic carbocycles. The summed E-state index contributed by atoms with van der Waals surface area (Å²) in [6.45, 7) is 8.56. The fraction of sp³-hybridized carbons (Fsp3) is 0.588. The second-order valence-corrected chi connectivity index (χ2v) is 7.02. The highest BCUT2D eigenvalue weighted by Crippen LogP contribution is 2.32. The van der Waals surface area contributed by atoms with Gasteiger partial charge in [-0.3, -0.25) is 0 Å². The van der Waals surface area contributed by atoms with E-state index in [2.05, 4.69) is 0 Å². The molecule has 134 valence electrons. The maximum absolute atomic E-state index is 12.9. The molecule has 0 radical (unpaired) electrons. The van der Waals surface area contributed by atoms with E-state index in [0.29, 0.717) is 25.3 Å². The van der Waals surface area contributed by atoms with Crippen molar-refractivity contribution in [2.75, 3.05) is 24.5 Å². The number of carbonyl (C=O) groups excluding carboxylic acids is 1. The molecule has 1 fully saturated rings. The molecule has 1 atom stereocenters. The summed E-state index contributed by atoms with van der Waals surface area (Å²) in [5.74, 6) is 0. The molecule has 0 aromatic heterocycles. The maximum atomic E-state index is 12.9. The van der Waals surface area contributed by atoms with Gasteiger partial charge in [0.25, 0.3) is 0 Å². The van der Waals surface area contributed by atoms with Crippen molar-refractivity contribution in [1.82, 2.24) is 4.90 Å². The predicted molar refractivity (Wildman–Crippen MR) is 86.1 cm³/mol. The van der Waals surface area contributed by atoms with E-state index >= 15 is 0 Å². The smallest absolute Gasteiger partial charge is 0.416 e. The Balaban J connectivity index is 2.08. The van der Waals surface area contributed by atoms with Gasteiger partial charge in [-0.2, -0.15) is 13.2 Å². The Hall–Kier alpha value is -1.92. The van der Waals surface area contributed by atoms with Crippen LogP contribution >= 0.6 is 0 Å². The van der Waals surface area contributed by atoms with Crippen molar-refractivity contribution in [3.63, 3.8) is 0 Å².